The van der Waals surface area contributed by atoms with Crippen molar-refractivity contribution in [1.82, 2.24) is 14.8 Å². The Bertz CT molecular complexity index is 1180. The number of hydrogen-bond acceptors (Lipinski definition) is 7. The molecular formula is C25H30N4O5S. The zero-order valence-corrected chi connectivity index (χ0v) is 20.9. The molecule has 2 saturated heterocycles. The monoisotopic (exact) mass is 498 g/mol. The summed E-state index contributed by atoms with van der Waals surface area (Å²) < 4.78 is 5.38. The summed E-state index contributed by atoms with van der Waals surface area (Å²) in [7, 11) is 0. The molecule has 5 rings (SSSR count). The molecule has 0 unspecified atom stereocenters. The van der Waals surface area contributed by atoms with E-state index in [1.54, 1.807) is 4.90 Å². The average molecular weight is 499 g/mol. The maximum Gasteiger partial charge on any atom is 0.266 e. The molecule has 0 radical (unpaired) electrons. The first-order valence-electron chi connectivity index (χ1n) is 12.3. The van der Waals surface area contributed by atoms with E-state index in [0.717, 1.165) is 42.3 Å². The number of ether oxygens (including phenoxy) is 1. The minimum Gasteiger partial charge on any atom is -0.378 e. The molecule has 4 amide bonds. The van der Waals surface area contributed by atoms with E-state index in [1.165, 1.54) is 16.2 Å². The highest BCUT2D eigenvalue weighted by Crippen LogP contribution is 2.39. The van der Waals surface area contributed by atoms with Crippen molar-refractivity contribution in [2.75, 3.05) is 38.2 Å². The molecule has 3 aliphatic rings. The first-order valence-corrected chi connectivity index (χ1v) is 13.1. The van der Waals surface area contributed by atoms with Gasteiger partial charge in [0.15, 0.2) is 0 Å². The van der Waals surface area contributed by atoms with Crippen molar-refractivity contribution in [2.24, 2.45) is 11.8 Å². The van der Waals surface area contributed by atoms with E-state index >= 15 is 0 Å². The summed E-state index contributed by atoms with van der Waals surface area (Å²) in [6, 6.07) is 1.93. The van der Waals surface area contributed by atoms with Crippen molar-refractivity contribution < 1.29 is 23.9 Å². The van der Waals surface area contributed by atoms with Gasteiger partial charge in [0.2, 0.25) is 17.7 Å². The highest BCUT2D eigenvalue weighted by Gasteiger charge is 2.47. The van der Waals surface area contributed by atoms with Crippen molar-refractivity contribution in [2.45, 2.75) is 46.0 Å². The molecule has 0 bridgehead atoms. The largest absolute Gasteiger partial charge is 0.378 e. The smallest absolute Gasteiger partial charge is 0.266 e. The first-order chi connectivity index (χ1) is 16.8. The van der Waals surface area contributed by atoms with Gasteiger partial charge >= 0.3 is 0 Å². The number of aryl methyl sites for hydroxylation is 2. The third-order valence-electron chi connectivity index (χ3n) is 7.24. The molecule has 2 atom stereocenters. The molecule has 1 saturated carbocycles. The number of aromatic nitrogens is 1. The van der Waals surface area contributed by atoms with Crippen LogP contribution in [0.1, 0.15) is 53.0 Å². The van der Waals surface area contributed by atoms with Crippen LogP contribution in [0, 0.1) is 25.7 Å². The summed E-state index contributed by atoms with van der Waals surface area (Å²) in [6.45, 7) is 5.84. The number of thiophene rings is 1. The Morgan fingerprint density at radius 3 is 2.43 bits per heavy atom. The molecule has 0 spiro atoms. The SMILES string of the molecule is Cc1cc(C)c2c(NC(=O)CCN3C(=O)[C@H]4CCCC[C@H]4C3=O)c(C(=O)N3CCOCC3)sc2n1. The fourth-order valence-corrected chi connectivity index (χ4v) is 6.71. The lowest BCUT2D eigenvalue weighted by Gasteiger charge is -2.26. The van der Waals surface area contributed by atoms with Gasteiger partial charge in [-0.15, -0.1) is 11.3 Å². The number of fused-ring (bicyclic) bond motifs is 2. The van der Waals surface area contributed by atoms with E-state index < -0.39 is 0 Å². The lowest BCUT2D eigenvalue weighted by atomic mass is 9.81. The highest BCUT2D eigenvalue weighted by molar-refractivity contribution is 7.21. The number of amides is 4. The number of nitrogens with zero attached hydrogens (tertiary/aromatic N) is 3. The van der Waals surface area contributed by atoms with Crippen LogP contribution in [0.15, 0.2) is 6.07 Å². The summed E-state index contributed by atoms with van der Waals surface area (Å²) in [5.41, 5.74) is 2.23. The van der Waals surface area contributed by atoms with Crippen molar-refractivity contribution in [1.29, 1.82) is 0 Å². The van der Waals surface area contributed by atoms with Crippen LogP contribution in [0.4, 0.5) is 5.69 Å². The van der Waals surface area contributed by atoms with Crippen LogP contribution in [0.3, 0.4) is 0 Å². The fourth-order valence-electron chi connectivity index (χ4n) is 5.49. The maximum absolute atomic E-state index is 13.4. The Balaban J connectivity index is 1.37. The number of pyridine rings is 1. The topological polar surface area (TPSA) is 109 Å². The Morgan fingerprint density at radius 1 is 1.11 bits per heavy atom. The standard InChI is InChI=1S/C25H30N4O5S/c1-14-13-15(2)26-22-19(14)20(21(35-22)25(33)28-9-11-34-12-10-28)27-18(30)7-8-29-23(31)16-5-3-4-6-17(16)24(29)32/h13,16-17H,3-12H2,1-2H3,(H,27,30)/t16-,17+. The first kappa shape index (κ1) is 23.9. The van der Waals surface area contributed by atoms with Gasteiger partial charge in [0, 0.05) is 37.1 Å². The maximum atomic E-state index is 13.4. The minimum absolute atomic E-state index is 0.0161. The molecule has 4 heterocycles. The summed E-state index contributed by atoms with van der Waals surface area (Å²) in [5, 5.41) is 3.69. The molecule has 1 aliphatic carbocycles. The third-order valence-corrected chi connectivity index (χ3v) is 8.31. The molecule has 3 fully saturated rings. The van der Waals surface area contributed by atoms with E-state index in [9.17, 15) is 19.2 Å². The second-order valence-electron chi connectivity index (χ2n) is 9.60. The number of likely N-dealkylation sites (tertiary alicyclic amines) is 1. The van der Waals surface area contributed by atoms with Crippen molar-refractivity contribution in [3.8, 4) is 0 Å². The molecule has 0 aromatic carbocycles. The van der Waals surface area contributed by atoms with Crippen LogP contribution in [0.5, 0.6) is 0 Å². The van der Waals surface area contributed by atoms with Crippen LogP contribution < -0.4 is 5.32 Å². The van der Waals surface area contributed by atoms with Crippen molar-refractivity contribution in [3.63, 3.8) is 0 Å². The van der Waals surface area contributed by atoms with Gasteiger partial charge in [0.25, 0.3) is 5.91 Å². The number of hydrogen-bond donors (Lipinski definition) is 1. The highest BCUT2D eigenvalue weighted by atomic mass is 32.1. The van der Waals surface area contributed by atoms with E-state index in [-0.39, 0.29) is 48.4 Å². The van der Waals surface area contributed by atoms with Gasteiger partial charge in [0.05, 0.1) is 30.7 Å². The molecule has 186 valence electrons. The summed E-state index contributed by atoms with van der Waals surface area (Å²) in [5.74, 6) is -1.24. The number of morpholine rings is 1. The molecule has 9 nitrogen and oxygen atoms in total. The molecule has 1 N–H and O–H groups in total. The predicted octanol–water partition coefficient (Wildman–Crippen LogP) is 2.89. The van der Waals surface area contributed by atoms with Crippen molar-refractivity contribution in [3.05, 3.63) is 22.2 Å². The Hall–Kier alpha value is -2.85. The van der Waals surface area contributed by atoms with Crippen LogP contribution in [-0.4, -0.2) is 71.3 Å². The second kappa shape index (κ2) is 9.66. The lowest BCUT2D eigenvalue weighted by Crippen LogP contribution is -2.40. The number of nitrogens with one attached hydrogen (secondary N) is 1. The van der Waals surface area contributed by atoms with Gasteiger partial charge in [-0.05, 0) is 38.3 Å². The number of anilines is 1. The fraction of sp³-hybridized carbons (Fsp3) is 0.560. The van der Waals surface area contributed by atoms with Gasteiger partial charge < -0.3 is 15.0 Å². The zero-order chi connectivity index (χ0) is 24.7. The van der Waals surface area contributed by atoms with Crippen LogP contribution in [0.25, 0.3) is 10.2 Å². The van der Waals surface area contributed by atoms with Gasteiger partial charge in [-0.3, -0.25) is 24.1 Å². The van der Waals surface area contributed by atoms with E-state index in [4.69, 9.17) is 4.74 Å². The Labute approximate surface area is 207 Å². The third kappa shape index (κ3) is 4.45. The molecule has 35 heavy (non-hydrogen) atoms. The van der Waals surface area contributed by atoms with Gasteiger partial charge in [-0.25, -0.2) is 4.98 Å². The van der Waals surface area contributed by atoms with Gasteiger partial charge in [0.1, 0.15) is 9.71 Å². The lowest BCUT2D eigenvalue weighted by molar-refractivity contribution is -0.140. The number of rotatable bonds is 5. The summed E-state index contributed by atoms with van der Waals surface area (Å²) in [4.78, 5) is 60.7. The molecule has 10 heteroatoms. The Kier molecular flexibility index (Phi) is 6.59. The molecule has 2 aliphatic heterocycles. The predicted molar refractivity (Wildman–Crippen MR) is 131 cm³/mol. The molecule has 2 aromatic heterocycles. The van der Waals surface area contributed by atoms with Crippen LogP contribution in [-0.2, 0) is 19.1 Å². The molecular weight excluding hydrogens is 468 g/mol. The van der Waals surface area contributed by atoms with Crippen LogP contribution in [0.2, 0.25) is 0 Å². The van der Waals surface area contributed by atoms with Gasteiger partial charge in [-0.1, -0.05) is 12.8 Å². The second-order valence-corrected chi connectivity index (χ2v) is 10.6. The van der Waals surface area contributed by atoms with E-state index in [1.807, 2.05) is 19.9 Å². The quantitative estimate of drug-likeness (QED) is 0.635. The van der Waals surface area contributed by atoms with Gasteiger partial charge in [-0.2, -0.15) is 0 Å². The average Bonchev–Trinajstić information content (AvgIpc) is 3.33. The Morgan fingerprint density at radius 2 is 1.77 bits per heavy atom. The molecule has 2 aromatic rings. The number of carbonyl (C=O) groups is 4. The van der Waals surface area contributed by atoms with Crippen LogP contribution >= 0.6 is 11.3 Å². The summed E-state index contributed by atoms with van der Waals surface area (Å²) >= 11 is 1.28. The zero-order valence-electron chi connectivity index (χ0n) is 20.1. The van der Waals surface area contributed by atoms with E-state index in [0.29, 0.717) is 41.7 Å². The number of imide groups is 1. The van der Waals surface area contributed by atoms with Crippen molar-refractivity contribution >= 4 is 50.9 Å². The normalized spacial score (nSPS) is 22.6. The number of carbonyl (C=O) groups excluding carboxylic acids is 4. The van der Waals surface area contributed by atoms with E-state index in [2.05, 4.69) is 10.3 Å². The summed E-state index contributed by atoms with van der Waals surface area (Å²) in [6.07, 6.45) is 3.41. The minimum atomic E-state index is -0.337.